The van der Waals surface area contributed by atoms with Crippen LogP contribution in [0, 0.1) is 6.92 Å². The van der Waals surface area contributed by atoms with Crippen LogP contribution in [0.3, 0.4) is 0 Å². The van der Waals surface area contributed by atoms with Crippen molar-refractivity contribution < 1.29 is 0 Å². The average molecular weight is 326 g/mol. The molecule has 3 rings (SSSR count). The maximum absolute atomic E-state index is 4.73. The molecule has 1 nitrogen and oxygen atoms in total. The SMILES string of the molecule is Cc1cccc(C(Br)Cc2ccc3ccccc3n2)c1. The molecule has 20 heavy (non-hydrogen) atoms. The number of para-hydroxylation sites is 1. The lowest BCUT2D eigenvalue weighted by atomic mass is 10.0. The highest BCUT2D eigenvalue weighted by molar-refractivity contribution is 9.09. The van der Waals surface area contributed by atoms with Gasteiger partial charge in [0.05, 0.1) is 5.52 Å². The number of nitrogens with zero attached hydrogens (tertiary/aromatic N) is 1. The Hall–Kier alpha value is -1.67. The molecule has 0 amide bonds. The molecule has 0 aliphatic rings. The van der Waals surface area contributed by atoms with Crippen molar-refractivity contribution >= 4 is 26.8 Å². The van der Waals surface area contributed by atoms with Crippen LogP contribution in [-0.2, 0) is 6.42 Å². The van der Waals surface area contributed by atoms with E-state index in [1.807, 2.05) is 12.1 Å². The molecule has 0 saturated carbocycles. The van der Waals surface area contributed by atoms with E-state index in [1.165, 1.54) is 16.5 Å². The van der Waals surface area contributed by atoms with Crippen molar-refractivity contribution in [3.05, 3.63) is 77.5 Å². The predicted octanol–water partition coefficient (Wildman–Crippen LogP) is 5.22. The Kier molecular flexibility index (Phi) is 3.83. The first kappa shape index (κ1) is 13.3. The third-order valence-electron chi connectivity index (χ3n) is 3.45. The standard InChI is InChI=1S/C18H16BrN/c1-13-5-4-7-15(11-13)17(19)12-16-10-9-14-6-2-3-8-18(14)20-16/h2-11,17H,12H2,1H3. The summed E-state index contributed by atoms with van der Waals surface area (Å²) in [6.07, 6.45) is 0.897. The number of halogens is 1. The number of aryl methyl sites for hydroxylation is 1. The van der Waals surface area contributed by atoms with Gasteiger partial charge in [-0.1, -0.05) is 70.0 Å². The molecule has 0 bridgehead atoms. The van der Waals surface area contributed by atoms with Crippen LogP contribution in [0.2, 0.25) is 0 Å². The summed E-state index contributed by atoms with van der Waals surface area (Å²) in [6, 6.07) is 21.1. The molecular formula is C18H16BrN. The first-order chi connectivity index (χ1) is 9.72. The van der Waals surface area contributed by atoms with Gasteiger partial charge in [-0.3, -0.25) is 4.98 Å². The molecule has 100 valence electrons. The number of alkyl halides is 1. The number of rotatable bonds is 3. The Morgan fingerprint density at radius 1 is 1.00 bits per heavy atom. The topological polar surface area (TPSA) is 12.9 Å². The first-order valence-corrected chi connectivity index (χ1v) is 7.69. The summed E-state index contributed by atoms with van der Waals surface area (Å²) < 4.78 is 0. The van der Waals surface area contributed by atoms with Gasteiger partial charge in [0.2, 0.25) is 0 Å². The van der Waals surface area contributed by atoms with E-state index in [0.29, 0.717) is 4.83 Å². The van der Waals surface area contributed by atoms with Gasteiger partial charge in [0.25, 0.3) is 0 Å². The Labute approximate surface area is 127 Å². The summed E-state index contributed by atoms with van der Waals surface area (Å²) in [5, 5.41) is 1.19. The lowest BCUT2D eigenvalue weighted by molar-refractivity contribution is 0.911. The Bertz CT molecular complexity index is 736. The average Bonchev–Trinajstić information content (AvgIpc) is 2.47. The van der Waals surface area contributed by atoms with Crippen LogP contribution in [0.25, 0.3) is 10.9 Å². The summed E-state index contributed by atoms with van der Waals surface area (Å²) in [6.45, 7) is 2.12. The summed E-state index contributed by atoms with van der Waals surface area (Å²) in [5.74, 6) is 0. The van der Waals surface area contributed by atoms with E-state index in [4.69, 9.17) is 4.98 Å². The number of pyridine rings is 1. The van der Waals surface area contributed by atoms with E-state index in [2.05, 4.69) is 71.4 Å². The highest BCUT2D eigenvalue weighted by atomic mass is 79.9. The quantitative estimate of drug-likeness (QED) is 0.601. The minimum absolute atomic E-state index is 0.302. The highest BCUT2D eigenvalue weighted by Gasteiger charge is 2.10. The van der Waals surface area contributed by atoms with Gasteiger partial charge in [-0.15, -0.1) is 0 Å². The smallest absolute Gasteiger partial charge is 0.0705 e. The van der Waals surface area contributed by atoms with Gasteiger partial charge in [-0.25, -0.2) is 0 Å². The van der Waals surface area contributed by atoms with Crippen LogP contribution < -0.4 is 0 Å². The second-order valence-corrected chi connectivity index (χ2v) is 6.19. The third kappa shape index (κ3) is 2.91. The van der Waals surface area contributed by atoms with Gasteiger partial charge in [-0.2, -0.15) is 0 Å². The Morgan fingerprint density at radius 3 is 2.70 bits per heavy atom. The first-order valence-electron chi connectivity index (χ1n) is 6.78. The molecule has 0 radical (unpaired) electrons. The Balaban J connectivity index is 1.85. The van der Waals surface area contributed by atoms with E-state index in [1.54, 1.807) is 0 Å². The van der Waals surface area contributed by atoms with Crippen molar-refractivity contribution in [1.82, 2.24) is 4.98 Å². The summed E-state index contributed by atoms with van der Waals surface area (Å²) in [5.41, 5.74) is 4.78. The van der Waals surface area contributed by atoms with E-state index in [0.717, 1.165) is 17.6 Å². The molecule has 1 aromatic heterocycles. The largest absolute Gasteiger partial charge is 0.253 e. The fourth-order valence-electron chi connectivity index (χ4n) is 2.39. The molecule has 0 aliphatic carbocycles. The summed E-state index contributed by atoms with van der Waals surface area (Å²) in [7, 11) is 0. The molecule has 0 N–H and O–H groups in total. The van der Waals surface area contributed by atoms with Gasteiger partial charge in [0, 0.05) is 22.3 Å². The number of fused-ring (bicyclic) bond motifs is 1. The molecular weight excluding hydrogens is 310 g/mol. The van der Waals surface area contributed by atoms with Crippen molar-refractivity contribution in [1.29, 1.82) is 0 Å². The number of benzene rings is 2. The zero-order valence-corrected chi connectivity index (χ0v) is 13.0. The molecule has 1 heterocycles. The fraction of sp³-hybridized carbons (Fsp3) is 0.167. The van der Waals surface area contributed by atoms with Gasteiger partial charge in [-0.05, 0) is 24.6 Å². The lowest BCUT2D eigenvalue weighted by Gasteiger charge is -2.11. The number of hydrogen-bond donors (Lipinski definition) is 0. The van der Waals surface area contributed by atoms with Crippen LogP contribution in [0.1, 0.15) is 21.6 Å². The van der Waals surface area contributed by atoms with Gasteiger partial charge in [0.15, 0.2) is 0 Å². The normalized spacial score (nSPS) is 12.5. The van der Waals surface area contributed by atoms with Gasteiger partial charge in [0.1, 0.15) is 0 Å². The van der Waals surface area contributed by atoms with Crippen LogP contribution in [0.15, 0.2) is 60.7 Å². The molecule has 0 fully saturated rings. The Morgan fingerprint density at radius 2 is 1.85 bits per heavy atom. The van der Waals surface area contributed by atoms with Gasteiger partial charge < -0.3 is 0 Å². The molecule has 0 spiro atoms. The molecule has 1 atom stereocenters. The fourth-order valence-corrected chi connectivity index (χ4v) is 3.00. The number of aromatic nitrogens is 1. The van der Waals surface area contributed by atoms with Crippen molar-refractivity contribution in [3.8, 4) is 0 Å². The molecule has 0 aliphatic heterocycles. The van der Waals surface area contributed by atoms with Crippen molar-refractivity contribution in [3.63, 3.8) is 0 Å². The van der Waals surface area contributed by atoms with Crippen molar-refractivity contribution in [2.24, 2.45) is 0 Å². The molecule has 1 unspecified atom stereocenters. The molecule has 3 aromatic rings. The highest BCUT2D eigenvalue weighted by Crippen LogP contribution is 2.27. The minimum Gasteiger partial charge on any atom is -0.253 e. The second kappa shape index (κ2) is 5.76. The lowest BCUT2D eigenvalue weighted by Crippen LogP contribution is -1.98. The minimum atomic E-state index is 0.302. The van der Waals surface area contributed by atoms with E-state index in [9.17, 15) is 0 Å². The van der Waals surface area contributed by atoms with Crippen LogP contribution >= 0.6 is 15.9 Å². The molecule has 0 saturated heterocycles. The zero-order valence-electron chi connectivity index (χ0n) is 11.4. The zero-order chi connectivity index (χ0) is 13.9. The van der Waals surface area contributed by atoms with Gasteiger partial charge >= 0.3 is 0 Å². The molecule has 2 heteroatoms. The molecule has 2 aromatic carbocycles. The third-order valence-corrected chi connectivity index (χ3v) is 4.30. The second-order valence-electron chi connectivity index (χ2n) is 5.08. The van der Waals surface area contributed by atoms with E-state index < -0.39 is 0 Å². The van der Waals surface area contributed by atoms with Crippen LogP contribution in [-0.4, -0.2) is 4.98 Å². The maximum atomic E-state index is 4.73. The van der Waals surface area contributed by atoms with E-state index >= 15 is 0 Å². The maximum Gasteiger partial charge on any atom is 0.0705 e. The number of hydrogen-bond acceptors (Lipinski definition) is 1. The van der Waals surface area contributed by atoms with E-state index in [-0.39, 0.29) is 0 Å². The summed E-state index contributed by atoms with van der Waals surface area (Å²) in [4.78, 5) is 5.04. The summed E-state index contributed by atoms with van der Waals surface area (Å²) >= 11 is 3.78. The monoisotopic (exact) mass is 325 g/mol. The predicted molar refractivity (Wildman–Crippen MR) is 88.3 cm³/mol. The van der Waals surface area contributed by atoms with Crippen molar-refractivity contribution in [2.45, 2.75) is 18.2 Å². The van der Waals surface area contributed by atoms with Crippen LogP contribution in [0.5, 0.6) is 0 Å². The van der Waals surface area contributed by atoms with Crippen molar-refractivity contribution in [2.75, 3.05) is 0 Å². The van der Waals surface area contributed by atoms with Crippen LogP contribution in [0.4, 0.5) is 0 Å².